The number of carbonyl (C=O) groups excluding carboxylic acids is 1. The lowest BCUT2D eigenvalue weighted by Gasteiger charge is -2.30. The number of terminal acetylenes is 1. The van der Waals surface area contributed by atoms with E-state index in [0.29, 0.717) is 19.7 Å². The van der Waals surface area contributed by atoms with E-state index in [0.717, 1.165) is 30.6 Å². The fourth-order valence-electron chi connectivity index (χ4n) is 4.22. The van der Waals surface area contributed by atoms with Crippen molar-refractivity contribution in [3.05, 3.63) is 65.2 Å². The predicted octanol–water partition coefficient (Wildman–Crippen LogP) is 3.25. The van der Waals surface area contributed by atoms with E-state index >= 15 is 0 Å². The Morgan fingerprint density at radius 2 is 1.93 bits per heavy atom. The van der Waals surface area contributed by atoms with E-state index in [2.05, 4.69) is 40.4 Å². The standard InChI is InChI=1S/C23H24N2O2/c1-2-14-25(21-12-11-17-7-3-4-8-18(17)21)16-23(26)24-20-13-15-27-22-10-6-5-9-19(20)22/h1,3-10,20-21H,11-16H2,(H,24,26). The van der Waals surface area contributed by atoms with Gasteiger partial charge in [0, 0.05) is 18.0 Å². The zero-order valence-corrected chi connectivity index (χ0v) is 15.4. The molecule has 1 N–H and O–H groups in total. The molecule has 0 spiro atoms. The van der Waals surface area contributed by atoms with Gasteiger partial charge in [-0.25, -0.2) is 0 Å². The molecule has 2 unspecified atom stereocenters. The van der Waals surface area contributed by atoms with Crippen LogP contribution in [0.3, 0.4) is 0 Å². The largest absolute Gasteiger partial charge is 0.493 e. The third-order valence-electron chi connectivity index (χ3n) is 5.48. The smallest absolute Gasteiger partial charge is 0.234 e. The summed E-state index contributed by atoms with van der Waals surface area (Å²) < 4.78 is 5.69. The molecule has 1 aliphatic heterocycles. The van der Waals surface area contributed by atoms with Gasteiger partial charge < -0.3 is 10.1 Å². The summed E-state index contributed by atoms with van der Waals surface area (Å²) in [5.41, 5.74) is 3.71. The van der Waals surface area contributed by atoms with Gasteiger partial charge in [0.25, 0.3) is 0 Å². The van der Waals surface area contributed by atoms with E-state index in [1.165, 1.54) is 11.1 Å². The van der Waals surface area contributed by atoms with Crippen molar-refractivity contribution in [2.24, 2.45) is 0 Å². The molecule has 1 aliphatic carbocycles. The molecule has 2 atom stereocenters. The molecule has 4 heteroatoms. The molecule has 0 aromatic heterocycles. The van der Waals surface area contributed by atoms with Crippen molar-refractivity contribution in [2.45, 2.75) is 31.3 Å². The van der Waals surface area contributed by atoms with E-state index in [4.69, 9.17) is 11.2 Å². The van der Waals surface area contributed by atoms with Crippen LogP contribution in [-0.4, -0.2) is 30.5 Å². The summed E-state index contributed by atoms with van der Waals surface area (Å²) >= 11 is 0. The van der Waals surface area contributed by atoms with Crippen molar-refractivity contribution in [1.82, 2.24) is 10.2 Å². The number of aryl methyl sites for hydroxylation is 1. The van der Waals surface area contributed by atoms with Crippen molar-refractivity contribution in [2.75, 3.05) is 19.7 Å². The molecule has 4 rings (SSSR count). The molecule has 0 fully saturated rings. The van der Waals surface area contributed by atoms with Crippen LogP contribution in [0, 0.1) is 12.3 Å². The molecule has 2 aliphatic rings. The lowest BCUT2D eigenvalue weighted by Crippen LogP contribution is -2.41. The highest BCUT2D eigenvalue weighted by molar-refractivity contribution is 5.79. The fourth-order valence-corrected chi connectivity index (χ4v) is 4.22. The van der Waals surface area contributed by atoms with E-state index in [1.54, 1.807) is 0 Å². The summed E-state index contributed by atoms with van der Waals surface area (Å²) in [6.07, 6.45) is 8.43. The van der Waals surface area contributed by atoms with Crippen LogP contribution in [0.25, 0.3) is 0 Å². The molecule has 0 bridgehead atoms. The highest BCUT2D eigenvalue weighted by Crippen LogP contribution is 2.35. The molecular formula is C23H24N2O2. The number of ether oxygens (including phenoxy) is 1. The van der Waals surface area contributed by atoms with E-state index < -0.39 is 0 Å². The van der Waals surface area contributed by atoms with Crippen LogP contribution in [0.5, 0.6) is 5.75 Å². The van der Waals surface area contributed by atoms with Crippen molar-refractivity contribution >= 4 is 5.91 Å². The lowest BCUT2D eigenvalue weighted by atomic mass is 10.0. The van der Waals surface area contributed by atoms with Crippen molar-refractivity contribution in [1.29, 1.82) is 0 Å². The molecule has 4 nitrogen and oxygen atoms in total. The van der Waals surface area contributed by atoms with Gasteiger partial charge in [0.2, 0.25) is 5.91 Å². The van der Waals surface area contributed by atoms with E-state index in [1.807, 2.05) is 24.3 Å². The first-order chi connectivity index (χ1) is 13.3. The minimum absolute atomic E-state index is 0.00833. The third kappa shape index (κ3) is 3.70. The Kier molecular flexibility index (Phi) is 5.13. The van der Waals surface area contributed by atoms with Gasteiger partial charge in [0.1, 0.15) is 5.75 Å². The number of nitrogens with zero attached hydrogens (tertiary/aromatic N) is 1. The van der Waals surface area contributed by atoms with Gasteiger partial charge in [-0.1, -0.05) is 48.4 Å². The van der Waals surface area contributed by atoms with Gasteiger partial charge in [-0.05, 0) is 30.0 Å². The molecule has 27 heavy (non-hydrogen) atoms. The van der Waals surface area contributed by atoms with Crippen LogP contribution in [-0.2, 0) is 11.2 Å². The summed E-state index contributed by atoms with van der Waals surface area (Å²) in [5, 5.41) is 3.18. The van der Waals surface area contributed by atoms with E-state index in [9.17, 15) is 4.79 Å². The molecule has 2 aromatic rings. The molecule has 0 saturated heterocycles. The Morgan fingerprint density at radius 3 is 2.78 bits per heavy atom. The quantitative estimate of drug-likeness (QED) is 0.833. The second kappa shape index (κ2) is 7.85. The minimum Gasteiger partial charge on any atom is -0.493 e. The maximum atomic E-state index is 12.8. The van der Waals surface area contributed by atoms with Crippen LogP contribution >= 0.6 is 0 Å². The second-order valence-corrected chi connectivity index (χ2v) is 7.16. The Morgan fingerprint density at radius 1 is 1.15 bits per heavy atom. The average Bonchev–Trinajstić information content (AvgIpc) is 3.12. The summed E-state index contributed by atoms with van der Waals surface area (Å²) in [5.74, 6) is 3.60. The monoisotopic (exact) mass is 360 g/mol. The van der Waals surface area contributed by atoms with Crippen LogP contribution < -0.4 is 10.1 Å². The zero-order chi connectivity index (χ0) is 18.6. The number of para-hydroxylation sites is 1. The van der Waals surface area contributed by atoms with Crippen molar-refractivity contribution in [3.8, 4) is 18.1 Å². The van der Waals surface area contributed by atoms with Crippen LogP contribution in [0.15, 0.2) is 48.5 Å². The first-order valence-corrected chi connectivity index (χ1v) is 9.52. The average molecular weight is 360 g/mol. The maximum absolute atomic E-state index is 12.8. The molecule has 2 aromatic carbocycles. The molecule has 1 amide bonds. The van der Waals surface area contributed by atoms with Gasteiger partial charge in [0.05, 0.1) is 25.7 Å². The summed E-state index contributed by atoms with van der Waals surface area (Å²) in [4.78, 5) is 14.9. The van der Waals surface area contributed by atoms with Gasteiger partial charge in [-0.15, -0.1) is 6.42 Å². The lowest BCUT2D eigenvalue weighted by molar-refractivity contribution is -0.123. The topological polar surface area (TPSA) is 41.6 Å². The Labute approximate surface area is 160 Å². The van der Waals surface area contributed by atoms with Gasteiger partial charge in [-0.2, -0.15) is 0 Å². The predicted molar refractivity (Wildman–Crippen MR) is 105 cm³/mol. The summed E-state index contributed by atoms with van der Waals surface area (Å²) in [7, 11) is 0. The number of amides is 1. The minimum atomic E-state index is -0.00833. The number of carbonyl (C=O) groups is 1. The Bertz CT molecular complexity index is 871. The summed E-state index contributed by atoms with van der Waals surface area (Å²) in [6, 6.07) is 16.6. The number of rotatable bonds is 5. The van der Waals surface area contributed by atoms with Crippen LogP contribution in [0.2, 0.25) is 0 Å². The van der Waals surface area contributed by atoms with Gasteiger partial charge >= 0.3 is 0 Å². The van der Waals surface area contributed by atoms with E-state index in [-0.39, 0.29) is 18.0 Å². The number of benzene rings is 2. The zero-order valence-electron chi connectivity index (χ0n) is 15.4. The molecule has 138 valence electrons. The summed E-state index contributed by atoms with van der Waals surface area (Å²) in [6.45, 7) is 1.39. The number of hydrogen-bond acceptors (Lipinski definition) is 3. The molecule has 0 saturated carbocycles. The first kappa shape index (κ1) is 17.6. The first-order valence-electron chi connectivity index (χ1n) is 9.52. The molecular weight excluding hydrogens is 336 g/mol. The Balaban J connectivity index is 1.46. The van der Waals surface area contributed by atoms with Crippen molar-refractivity contribution in [3.63, 3.8) is 0 Å². The fraction of sp³-hybridized carbons (Fsp3) is 0.348. The molecule has 0 radical (unpaired) electrons. The number of fused-ring (bicyclic) bond motifs is 2. The number of hydrogen-bond donors (Lipinski definition) is 1. The maximum Gasteiger partial charge on any atom is 0.234 e. The second-order valence-electron chi connectivity index (χ2n) is 7.16. The molecule has 1 heterocycles. The van der Waals surface area contributed by atoms with Gasteiger partial charge in [0.15, 0.2) is 0 Å². The highest BCUT2D eigenvalue weighted by atomic mass is 16.5. The number of nitrogens with one attached hydrogen (secondary N) is 1. The normalized spacial score (nSPS) is 20.3. The Hall–Kier alpha value is -2.77. The van der Waals surface area contributed by atoms with Gasteiger partial charge in [-0.3, -0.25) is 9.69 Å². The van der Waals surface area contributed by atoms with Crippen LogP contribution in [0.4, 0.5) is 0 Å². The van der Waals surface area contributed by atoms with Crippen molar-refractivity contribution < 1.29 is 9.53 Å². The highest BCUT2D eigenvalue weighted by Gasteiger charge is 2.29. The SMILES string of the molecule is C#CCN(CC(=O)NC1CCOc2ccccc21)C1CCc2ccccc21. The third-order valence-corrected chi connectivity index (χ3v) is 5.48. The van der Waals surface area contributed by atoms with Crippen LogP contribution in [0.1, 0.15) is 41.6 Å².